The van der Waals surface area contributed by atoms with Crippen LogP contribution in [0, 0.1) is 16.7 Å². The lowest BCUT2D eigenvalue weighted by Gasteiger charge is -2.28. The van der Waals surface area contributed by atoms with Crippen molar-refractivity contribution < 1.29 is 4.74 Å². The number of amidine groups is 2. The highest BCUT2D eigenvalue weighted by molar-refractivity contribution is 7.99. The van der Waals surface area contributed by atoms with E-state index in [1.807, 2.05) is 42.5 Å². The van der Waals surface area contributed by atoms with Crippen molar-refractivity contribution in [1.82, 2.24) is 9.97 Å². The molecule has 2 aromatic carbocycles. The summed E-state index contributed by atoms with van der Waals surface area (Å²) in [6.07, 6.45) is 4.60. The lowest BCUT2D eigenvalue weighted by molar-refractivity contribution is 0.136. The van der Waals surface area contributed by atoms with Gasteiger partial charge in [-0.2, -0.15) is 0 Å². The summed E-state index contributed by atoms with van der Waals surface area (Å²) < 4.78 is 6.11. The molecule has 1 aliphatic rings. The molecule has 7 N–H and O–H groups in total. The first-order valence-corrected chi connectivity index (χ1v) is 11.0. The molecule has 32 heavy (non-hydrogen) atoms. The van der Waals surface area contributed by atoms with E-state index < -0.39 is 0 Å². The predicted octanol–water partition coefficient (Wildman–Crippen LogP) is 4.70. The van der Waals surface area contributed by atoms with E-state index in [0.29, 0.717) is 17.0 Å². The minimum absolute atomic E-state index is 0. The molecular formula is C22H28Cl2N6OS. The molecule has 1 fully saturated rings. The second kappa shape index (κ2) is 11.4. The van der Waals surface area contributed by atoms with Crippen LogP contribution in [0.25, 0.3) is 11.0 Å². The smallest absolute Gasteiger partial charge is 0.166 e. The van der Waals surface area contributed by atoms with Crippen molar-refractivity contribution >= 4 is 59.3 Å². The van der Waals surface area contributed by atoms with Crippen molar-refractivity contribution in [3.05, 3.63) is 53.6 Å². The van der Waals surface area contributed by atoms with Crippen molar-refractivity contribution in [3.63, 3.8) is 0 Å². The van der Waals surface area contributed by atoms with Crippen LogP contribution in [0.3, 0.4) is 0 Å². The van der Waals surface area contributed by atoms with E-state index in [4.69, 9.17) is 27.0 Å². The molecule has 0 atom stereocenters. The van der Waals surface area contributed by atoms with E-state index >= 15 is 0 Å². The first kappa shape index (κ1) is 25.8. The molecule has 1 heterocycles. The standard InChI is InChI=1S/C22H26N6OS.2ClH/c23-20(24)14-3-8-17(9-4-14)29-16-6-1-13(2-7-16)12-30-22-27-18-10-5-15(21(25)26)11-19(18)28-22;;/h3-5,8-11,13,16H,1-2,6-7,12H2,(H3,23,24)(H3,25,26)(H,27,28);2*1H. The maximum absolute atomic E-state index is 7.56. The van der Waals surface area contributed by atoms with E-state index in [1.165, 1.54) is 0 Å². The summed E-state index contributed by atoms with van der Waals surface area (Å²) in [5, 5.41) is 15.9. The Hall–Kier alpha value is -2.42. The lowest BCUT2D eigenvalue weighted by atomic mass is 9.89. The molecule has 1 aromatic heterocycles. The maximum Gasteiger partial charge on any atom is 0.166 e. The summed E-state index contributed by atoms with van der Waals surface area (Å²) in [7, 11) is 0. The minimum atomic E-state index is 0. The average molecular weight is 495 g/mol. The van der Waals surface area contributed by atoms with Crippen LogP contribution in [0.15, 0.2) is 47.6 Å². The third kappa shape index (κ3) is 6.31. The lowest BCUT2D eigenvalue weighted by Crippen LogP contribution is -2.25. The number of nitrogens with two attached hydrogens (primary N) is 2. The van der Waals surface area contributed by atoms with Crippen molar-refractivity contribution in [1.29, 1.82) is 10.8 Å². The third-order valence-corrected chi connectivity index (χ3v) is 6.59. The number of nitrogens with zero attached hydrogens (tertiary/aromatic N) is 1. The number of benzene rings is 2. The van der Waals surface area contributed by atoms with Crippen LogP contribution in [0.2, 0.25) is 0 Å². The van der Waals surface area contributed by atoms with E-state index in [2.05, 4.69) is 9.97 Å². The molecule has 3 aromatic rings. The van der Waals surface area contributed by atoms with Crippen molar-refractivity contribution in [2.24, 2.45) is 17.4 Å². The van der Waals surface area contributed by atoms with Gasteiger partial charge in [-0.1, -0.05) is 11.8 Å². The van der Waals surface area contributed by atoms with Gasteiger partial charge in [0.25, 0.3) is 0 Å². The van der Waals surface area contributed by atoms with Crippen molar-refractivity contribution in [2.75, 3.05) is 5.75 Å². The number of nitrogen functional groups attached to an aromatic ring is 2. The van der Waals surface area contributed by atoms with Crippen LogP contribution in [-0.4, -0.2) is 33.5 Å². The Bertz CT molecular complexity index is 1060. The first-order chi connectivity index (χ1) is 14.5. The van der Waals surface area contributed by atoms with Gasteiger partial charge in [0, 0.05) is 16.9 Å². The van der Waals surface area contributed by atoms with E-state index in [0.717, 1.165) is 53.4 Å². The van der Waals surface area contributed by atoms with E-state index in [9.17, 15) is 0 Å². The molecule has 0 aliphatic heterocycles. The highest BCUT2D eigenvalue weighted by atomic mass is 35.5. The van der Waals surface area contributed by atoms with Gasteiger partial charge in [0.2, 0.25) is 0 Å². The molecule has 7 nitrogen and oxygen atoms in total. The Labute approximate surface area is 203 Å². The Kier molecular flexibility index (Phi) is 9.24. The van der Waals surface area contributed by atoms with E-state index in [-0.39, 0.29) is 42.6 Å². The summed E-state index contributed by atoms with van der Waals surface area (Å²) in [6, 6.07) is 13.0. The molecular weight excluding hydrogens is 467 g/mol. The number of hydrogen-bond donors (Lipinski definition) is 5. The molecule has 0 amide bonds. The fourth-order valence-corrected chi connectivity index (χ4v) is 4.81. The quantitative estimate of drug-likeness (QED) is 0.184. The highest BCUT2D eigenvalue weighted by Crippen LogP contribution is 2.32. The number of halogens is 2. The third-order valence-electron chi connectivity index (χ3n) is 5.49. The van der Waals surface area contributed by atoms with Gasteiger partial charge in [-0.15, -0.1) is 24.8 Å². The number of H-pyrrole nitrogens is 1. The maximum atomic E-state index is 7.56. The van der Waals surface area contributed by atoms with Gasteiger partial charge in [-0.3, -0.25) is 10.8 Å². The molecule has 1 aliphatic carbocycles. The number of aromatic nitrogens is 2. The normalized spacial score (nSPS) is 17.8. The summed E-state index contributed by atoms with van der Waals surface area (Å²) in [5.41, 5.74) is 14.3. The largest absolute Gasteiger partial charge is 0.490 e. The molecule has 1 saturated carbocycles. The van der Waals surface area contributed by atoms with Gasteiger partial charge in [0.1, 0.15) is 17.4 Å². The zero-order chi connectivity index (χ0) is 21.1. The average Bonchev–Trinajstić information content (AvgIpc) is 3.16. The van der Waals surface area contributed by atoms with Crippen LogP contribution in [-0.2, 0) is 0 Å². The number of rotatable bonds is 7. The minimum Gasteiger partial charge on any atom is -0.490 e. The molecule has 4 rings (SSSR count). The van der Waals surface area contributed by atoms with Crippen LogP contribution in [0.1, 0.15) is 36.8 Å². The Balaban J connectivity index is 0.00000181. The topological polar surface area (TPSA) is 138 Å². The second-order valence-corrected chi connectivity index (χ2v) is 8.71. The van der Waals surface area contributed by atoms with Gasteiger partial charge in [-0.25, -0.2) is 4.98 Å². The van der Waals surface area contributed by atoms with Gasteiger partial charge in [0.15, 0.2) is 5.16 Å². The number of hydrogen-bond acceptors (Lipinski definition) is 5. The Morgan fingerprint density at radius 3 is 2.22 bits per heavy atom. The molecule has 172 valence electrons. The van der Waals surface area contributed by atoms with Gasteiger partial charge < -0.3 is 21.2 Å². The van der Waals surface area contributed by atoms with Gasteiger partial charge in [-0.05, 0) is 74.1 Å². The summed E-state index contributed by atoms with van der Waals surface area (Å²) in [6.45, 7) is 0. The van der Waals surface area contributed by atoms with Crippen LogP contribution < -0.4 is 16.2 Å². The molecule has 0 bridgehead atoms. The van der Waals surface area contributed by atoms with Crippen LogP contribution in [0.4, 0.5) is 0 Å². The fraction of sp³-hybridized carbons (Fsp3) is 0.318. The van der Waals surface area contributed by atoms with Gasteiger partial charge >= 0.3 is 0 Å². The highest BCUT2D eigenvalue weighted by Gasteiger charge is 2.23. The van der Waals surface area contributed by atoms with Gasteiger partial charge in [0.05, 0.1) is 17.1 Å². The number of ether oxygens (including phenoxy) is 1. The summed E-state index contributed by atoms with van der Waals surface area (Å²) in [5.74, 6) is 2.65. The summed E-state index contributed by atoms with van der Waals surface area (Å²) >= 11 is 1.75. The Morgan fingerprint density at radius 1 is 0.969 bits per heavy atom. The number of imidazole rings is 1. The number of aromatic amines is 1. The SMILES string of the molecule is Cl.Cl.N=C(N)c1ccc(OC2CCC(CSc3nc4ccc(C(=N)N)cc4[nH]3)CC2)cc1. The van der Waals surface area contributed by atoms with E-state index in [1.54, 1.807) is 11.8 Å². The monoisotopic (exact) mass is 494 g/mol. The predicted molar refractivity (Wildman–Crippen MR) is 136 cm³/mol. The number of fused-ring (bicyclic) bond motifs is 1. The summed E-state index contributed by atoms with van der Waals surface area (Å²) in [4.78, 5) is 7.97. The number of nitrogens with one attached hydrogen (secondary N) is 3. The molecule has 0 radical (unpaired) electrons. The second-order valence-electron chi connectivity index (χ2n) is 7.70. The zero-order valence-electron chi connectivity index (χ0n) is 17.5. The fourth-order valence-electron chi connectivity index (χ4n) is 3.74. The molecule has 0 saturated heterocycles. The zero-order valence-corrected chi connectivity index (χ0v) is 19.9. The van der Waals surface area contributed by atoms with Crippen molar-refractivity contribution in [3.8, 4) is 5.75 Å². The van der Waals surface area contributed by atoms with Crippen molar-refractivity contribution in [2.45, 2.75) is 36.9 Å². The van der Waals surface area contributed by atoms with Crippen LogP contribution in [0.5, 0.6) is 5.75 Å². The molecule has 0 unspecified atom stereocenters. The first-order valence-electron chi connectivity index (χ1n) is 10.1. The Morgan fingerprint density at radius 2 is 1.59 bits per heavy atom. The number of thioether (sulfide) groups is 1. The molecule has 10 heteroatoms. The molecule has 0 spiro atoms. The van der Waals surface area contributed by atoms with Crippen LogP contribution >= 0.6 is 36.6 Å².